The van der Waals surface area contributed by atoms with Gasteiger partial charge in [0.05, 0.1) is 5.69 Å². The van der Waals surface area contributed by atoms with Crippen molar-refractivity contribution in [3.63, 3.8) is 0 Å². The van der Waals surface area contributed by atoms with E-state index in [1.807, 2.05) is 17.9 Å². The molecular weight excluding hydrogens is 224 g/mol. The van der Waals surface area contributed by atoms with Crippen LogP contribution in [-0.4, -0.2) is 15.8 Å². The molecule has 1 aromatic rings. The summed E-state index contributed by atoms with van der Waals surface area (Å²) in [6.45, 7) is 0. The van der Waals surface area contributed by atoms with Gasteiger partial charge in [0.25, 0.3) is 0 Å². The third kappa shape index (κ3) is 4.10. The average molecular weight is 250 g/mol. The van der Waals surface area contributed by atoms with Gasteiger partial charge in [0, 0.05) is 25.7 Å². The molecule has 0 aliphatic heterocycles. The van der Waals surface area contributed by atoms with Crippen LogP contribution in [0.25, 0.3) is 0 Å². The van der Waals surface area contributed by atoms with Gasteiger partial charge in [0.15, 0.2) is 0 Å². The summed E-state index contributed by atoms with van der Waals surface area (Å²) in [5.41, 5.74) is 4.11. The molecule has 3 N–H and O–H groups in total. The van der Waals surface area contributed by atoms with Crippen LogP contribution in [0.15, 0.2) is 12.3 Å². The summed E-state index contributed by atoms with van der Waals surface area (Å²) in [7, 11) is 1.96. The minimum Gasteiger partial charge on any atom is -0.276 e. The van der Waals surface area contributed by atoms with E-state index < -0.39 is 0 Å². The normalized spacial score (nSPS) is 19.7. The van der Waals surface area contributed by atoms with Crippen LogP contribution in [0, 0.1) is 5.92 Å². The number of nitrogens with zero attached hydrogens (tertiary/aromatic N) is 2. The van der Waals surface area contributed by atoms with Crippen LogP contribution in [0.3, 0.4) is 0 Å². The summed E-state index contributed by atoms with van der Waals surface area (Å²) in [4.78, 5) is 0. The Hall–Kier alpha value is -0.870. The third-order valence-corrected chi connectivity index (χ3v) is 4.05. The van der Waals surface area contributed by atoms with E-state index in [0.29, 0.717) is 6.04 Å². The molecule has 1 fully saturated rings. The summed E-state index contributed by atoms with van der Waals surface area (Å²) in [6.07, 6.45) is 12.5. The van der Waals surface area contributed by atoms with E-state index in [1.165, 1.54) is 44.9 Å². The summed E-state index contributed by atoms with van der Waals surface area (Å²) < 4.78 is 1.86. The molecule has 0 bridgehead atoms. The summed E-state index contributed by atoms with van der Waals surface area (Å²) in [5.74, 6) is 6.54. The van der Waals surface area contributed by atoms with E-state index in [2.05, 4.69) is 16.6 Å². The second-order valence-corrected chi connectivity index (χ2v) is 5.64. The number of hydrazine groups is 1. The maximum absolute atomic E-state index is 5.70. The van der Waals surface area contributed by atoms with Crippen molar-refractivity contribution in [3.8, 4) is 0 Å². The Morgan fingerprint density at radius 1 is 1.39 bits per heavy atom. The quantitative estimate of drug-likeness (QED) is 0.478. The van der Waals surface area contributed by atoms with Crippen molar-refractivity contribution in [1.82, 2.24) is 15.2 Å². The summed E-state index contributed by atoms with van der Waals surface area (Å²) in [6, 6.07) is 2.44. The molecule has 4 nitrogen and oxygen atoms in total. The van der Waals surface area contributed by atoms with Crippen LogP contribution >= 0.6 is 0 Å². The highest BCUT2D eigenvalue weighted by molar-refractivity contribution is 5.01. The van der Waals surface area contributed by atoms with Crippen molar-refractivity contribution in [2.75, 3.05) is 0 Å². The predicted molar refractivity (Wildman–Crippen MR) is 73.8 cm³/mol. The van der Waals surface area contributed by atoms with Crippen molar-refractivity contribution in [1.29, 1.82) is 0 Å². The molecule has 4 heteroatoms. The molecule has 2 rings (SSSR count). The number of aryl methyl sites for hydroxylation is 1. The molecule has 1 saturated carbocycles. The van der Waals surface area contributed by atoms with Crippen LogP contribution in [0.5, 0.6) is 0 Å². The Labute approximate surface area is 110 Å². The van der Waals surface area contributed by atoms with Crippen molar-refractivity contribution in [3.05, 3.63) is 18.0 Å². The van der Waals surface area contributed by atoms with Gasteiger partial charge >= 0.3 is 0 Å². The highest BCUT2D eigenvalue weighted by Gasteiger charge is 2.18. The fraction of sp³-hybridized carbons (Fsp3) is 0.786. The molecule has 0 radical (unpaired) electrons. The van der Waals surface area contributed by atoms with Gasteiger partial charge in [-0.3, -0.25) is 16.0 Å². The van der Waals surface area contributed by atoms with Crippen LogP contribution in [0.4, 0.5) is 0 Å². The lowest BCUT2D eigenvalue weighted by Crippen LogP contribution is -2.38. The second kappa shape index (κ2) is 6.90. The number of hydrogen-bond donors (Lipinski definition) is 2. The van der Waals surface area contributed by atoms with E-state index in [1.54, 1.807) is 0 Å². The lowest BCUT2D eigenvalue weighted by atomic mass is 9.91. The summed E-state index contributed by atoms with van der Waals surface area (Å²) in [5, 5.41) is 4.43. The predicted octanol–water partition coefficient (Wildman–Crippen LogP) is 2.15. The van der Waals surface area contributed by atoms with Crippen molar-refractivity contribution >= 4 is 0 Å². The lowest BCUT2D eigenvalue weighted by molar-refractivity contribution is 0.350. The first-order valence-corrected chi connectivity index (χ1v) is 7.22. The van der Waals surface area contributed by atoms with Crippen LogP contribution in [0.1, 0.15) is 50.6 Å². The largest absolute Gasteiger partial charge is 0.276 e. The molecule has 0 amide bonds. The zero-order valence-electron chi connectivity index (χ0n) is 11.4. The number of nitrogens with two attached hydrogens (primary N) is 1. The topological polar surface area (TPSA) is 55.9 Å². The Balaban J connectivity index is 1.84. The first kappa shape index (κ1) is 13.6. The fourth-order valence-electron chi connectivity index (χ4n) is 3.04. The molecule has 0 aromatic carbocycles. The maximum Gasteiger partial charge on any atom is 0.0640 e. The zero-order valence-corrected chi connectivity index (χ0v) is 11.4. The minimum absolute atomic E-state index is 0.364. The Bertz CT molecular complexity index is 339. The Kier molecular flexibility index (Phi) is 5.20. The molecular formula is C14H26N4. The SMILES string of the molecule is Cn1ccc(CC(CC2CCCCCC2)NN)n1. The van der Waals surface area contributed by atoms with Crippen molar-refractivity contribution < 1.29 is 0 Å². The number of nitrogens with one attached hydrogen (secondary N) is 1. The monoisotopic (exact) mass is 250 g/mol. The third-order valence-electron chi connectivity index (χ3n) is 4.05. The van der Waals surface area contributed by atoms with Gasteiger partial charge in [-0.1, -0.05) is 38.5 Å². The highest BCUT2D eigenvalue weighted by atomic mass is 15.3. The second-order valence-electron chi connectivity index (χ2n) is 5.64. The van der Waals surface area contributed by atoms with E-state index in [0.717, 1.165) is 18.0 Å². The molecule has 1 aliphatic carbocycles. The van der Waals surface area contributed by atoms with E-state index in [9.17, 15) is 0 Å². The van der Waals surface area contributed by atoms with E-state index >= 15 is 0 Å². The standard InChI is InChI=1S/C14H26N4/c1-18-9-8-13(17-18)11-14(16-15)10-12-6-4-2-3-5-7-12/h8-9,12,14,16H,2-7,10-11,15H2,1H3. The van der Waals surface area contributed by atoms with Crippen LogP contribution < -0.4 is 11.3 Å². The molecule has 1 heterocycles. The molecule has 1 aliphatic rings. The first-order chi connectivity index (χ1) is 8.78. The molecule has 102 valence electrons. The van der Waals surface area contributed by atoms with E-state index in [4.69, 9.17) is 5.84 Å². The zero-order chi connectivity index (χ0) is 12.8. The van der Waals surface area contributed by atoms with Crippen LogP contribution in [0.2, 0.25) is 0 Å². The van der Waals surface area contributed by atoms with Gasteiger partial charge < -0.3 is 0 Å². The summed E-state index contributed by atoms with van der Waals surface area (Å²) >= 11 is 0. The minimum atomic E-state index is 0.364. The molecule has 1 atom stereocenters. The van der Waals surface area contributed by atoms with Gasteiger partial charge in [-0.2, -0.15) is 5.10 Å². The van der Waals surface area contributed by atoms with Crippen molar-refractivity contribution in [2.24, 2.45) is 18.8 Å². The molecule has 0 spiro atoms. The smallest absolute Gasteiger partial charge is 0.0640 e. The Morgan fingerprint density at radius 3 is 2.67 bits per heavy atom. The fourth-order valence-corrected chi connectivity index (χ4v) is 3.04. The van der Waals surface area contributed by atoms with Gasteiger partial charge in [0.2, 0.25) is 0 Å². The van der Waals surface area contributed by atoms with Crippen molar-refractivity contribution in [2.45, 2.75) is 57.4 Å². The first-order valence-electron chi connectivity index (χ1n) is 7.22. The van der Waals surface area contributed by atoms with Crippen LogP contribution in [-0.2, 0) is 13.5 Å². The molecule has 1 aromatic heterocycles. The van der Waals surface area contributed by atoms with Gasteiger partial charge in [-0.15, -0.1) is 0 Å². The average Bonchev–Trinajstić information content (AvgIpc) is 2.63. The van der Waals surface area contributed by atoms with E-state index in [-0.39, 0.29) is 0 Å². The highest BCUT2D eigenvalue weighted by Crippen LogP contribution is 2.26. The van der Waals surface area contributed by atoms with Gasteiger partial charge in [-0.05, 0) is 18.4 Å². The molecule has 18 heavy (non-hydrogen) atoms. The van der Waals surface area contributed by atoms with Gasteiger partial charge in [0.1, 0.15) is 0 Å². The number of hydrogen-bond acceptors (Lipinski definition) is 3. The molecule has 1 unspecified atom stereocenters. The number of aromatic nitrogens is 2. The molecule has 0 saturated heterocycles. The maximum atomic E-state index is 5.70. The Morgan fingerprint density at radius 2 is 2.11 bits per heavy atom. The number of rotatable bonds is 5. The van der Waals surface area contributed by atoms with Gasteiger partial charge in [-0.25, -0.2) is 0 Å². The lowest BCUT2D eigenvalue weighted by Gasteiger charge is -2.21.